The zero-order valence-corrected chi connectivity index (χ0v) is 18.1. The van der Waals surface area contributed by atoms with Crippen LogP contribution in [0, 0.1) is 0 Å². The van der Waals surface area contributed by atoms with Gasteiger partial charge in [0.2, 0.25) is 5.95 Å². The van der Waals surface area contributed by atoms with Gasteiger partial charge in [-0.25, -0.2) is 0 Å². The van der Waals surface area contributed by atoms with Crippen molar-refractivity contribution in [2.45, 2.75) is 25.0 Å². The number of phenols is 1. The van der Waals surface area contributed by atoms with Crippen LogP contribution in [0.1, 0.15) is 23.6 Å². The lowest BCUT2D eigenvalue weighted by Crippen LogP contribution is -2.38. The molecule has 3 aromatic rings. The second-order valence-electron chi connectivity index (χ2n) is 8.42. The number of ether oxygens (including phenoxy) is 1. The molecule has 0 radical (unpaired) electrons. The van der Waals surface area contributed by atoms with E-state index in [1.54, 1.807) is 18.2 Å². The van der Waals surface area contributed by atoms with E-state index in [9.17, 15) is 10.2 Å². The van der Waals surface area contributed by atoms with Crippen LogP contribution in [-0.2, 0) is 6.42 Å². The van der Waals surface area contributed by atoms with Crippen LogP contribution in [0.3, 0.4) is 0 Å². The zero-order valence-electron chi connectivity index (χ0n) is 18.1. The summed E-state index contributed by atoms with van der Waals surface area (Å²) >= 11 is 0. The van der Waals surface area contributed by atoms with Crippen LogP contribution in [-0.4, -0.2) is 69.5 Å². The molecule has 166 valence electrons. The number of benzene rings is 2. The van der Waals surface area contributed by atoms with Crippen molar-refractivity contribution in [3.63, 3.8) is 0 Å². The lowest BCUT2D eigenvalue weighted by molar-refractivity contribution is 0.191. The molecule has 2 aromatic carbocycles. The maximum Gasteiger partial charge on any atom is 0.322 e. The van der Waals surface area contributed by atoms with Crippen molar-refractivity contribution in [3.8, 4) is 23.1 Å². The van der Waals surface area contributed by atoms with Crippen LogP contribution in [0.2, 0.25) is 0 Å². The number of aliphatic hydroxyl groups is 1. The van der Waals surface area contributed by atoms with Crippen molar-refractivity contribution >= 4 is 5.95 Å². The summed E-state index contributed by atoms with van der Waals surface area (Å²) in [5, 5.41) is 20.2. The third-order valence-electron chi connectivity index (χ3n) is 6.17. The van der Waals surface area contributed by atoms with Gasteiger partial charge in [0.15, 0.2) is 5.82 Å². The summed E-state index contributed by atoms with van der Waals surface area (Å²) in [7, 11) is 2.07. The number of aliphatic hydroxyl groups excluding tert-OH is 1. The van der Waals surface area contributed by atoms with Gasteiger partial charge < -0.3 is 24.7 Å². The van der Waals surface area contributed by atoms with Gasteiger partial charge in [0, 0.05) is 25.2 Å². The van der Waals surface area contributed by atoms with Crippen LogP contribution in [0.4, 0.5) is 5.95 Å². The maximum absolute atomic E-state index is 10.2. The normalized spacial score (nSPS) is 20.9. The molecule has 0 aliphatic carbocycles. The van der Waals surface area contributed by atoms with Crippen molar-refractivity contribution in [2.24, 2.45) is 0 Å². The summed E-state index contributed by atoms with van der Waals surface area (Å²) in [5.74, 6) is 1.04. The predicted molar refractivity (Wildman–Crippen MR) is 121 cm³/mol. The number of aromatic hydroxyl groups is 1. The first-order valence-electron chi connectivity index (χ1n) is 11.0. The third kappa shape index (κ3) is 4.11. The Morgan fingerprint density at radius 1 is 1.06 bits per heavy atom. The van der Waals surface area contributed by atoms with Crippen LogP contribution in [0.25, 0.3) is 11.4 Å². The van der Waals surface area contributed by atoms with Gasteiger partial charge in [0.25, 0.3) is 0 Å². The average Bonchev–Trinajstić information content (AvgIpc) is 3.22. The first-order valence-corrected chi connectivity index (χ1v) is 11.0. The van der Waals surface area contributed by atoms with E-state index in [0.717, 1.165) is 31.5 Å². The Bertz CT molecular complexity index is 1110. The van der Waals surface area contributed by atoms with E-state index in [0.29, 0.717) is 23.9 Å². The summed E-state index contributed by atoms with van der Waals surface area (Å²) in [4.78, 5) is 18.2. The molecule has 0 unspecified atom stereocenters. The molecule has 1 saturated heterocycles. The van der Waals surface area contributed by atoms with Crippen molar-refractivity contribution in [1.82, 2.24) is 19.9 Å². The molecule has 3 heterocycles. The van der Waals surface area contributed by atoms with E-state index in [1.807, 2.05) is 29.2 Å². The quantitative estimate of drug-likeness (QED) is 0.634. The molecule has 0 saturated carbocycles. The molecule has 8 heteroatoms. The van der Waals surface area contributed by atoms with Crippen LogP contribution < -0.4 is 9.64 Å². The van der Waals surface area contributed by atoms with Gasteiger partial charge in [-0.15, -0.1) is 0 Å². The minimum absolute atomic E-state index is 0.0167. The largest absolute Gasteiger partial charge is 0.508 e. The monoisotopic (exact) mass is 433 g/mol. The molecule has 2 atom stereocenters. The highest BCUT2D eigenvalue weighted by Gasteiger charge is 2.30. The number of nitrogens with zero attached hydrogens (tertiary/aromatic N) is 5. The number of hydrogen-bond acceptors (Lipinski definition) is 8. The molecular formula is C24H27N5O3. The molecule has 0 bridgehead atoms. The molecule has 5 rings (SSSR count). The van der Waals surface area contributed by atoms with Crippen molar-refractivity contribution in [2.75, 3.05) is 38.2 Å². The number of likely N-dealkylation sites (tertiary alicyclic amines) is 1. The van der Waals surface area contributed by atoms with Gasteiger partial charge in [0.05, 0.1) is 12.6 Å². The highest BCUT2D eigenvalue weighted by Crippen LogP contribution is 2.33. The summed E-state index contributed by atoms with van der Waals surface area (Å²) in [6.07, 6.45) is 1.77. The Balaban J connectivity index is 1.55. The van der Waals surface area contributed by atoms with E-state index in [1.165, 1.54) is 5.56 Å². The van der Waals surface area contributed by atoms with E-state index >= 15 is 0 Å². The van der Waals surface area contributed by atoms with Gasteiger partial charge in [0.1, 0.15) is 11.9 Å². The number of phenolic OH excluding ortho intramolecular Hbond substituents is 1. The molecule has 0 spiro atoms. The molecule has 2 aliphatic heterocycles. The minimum atomic E-state index is -0.246. The van der Waals surface area contributed by atoms with Gasteiger partial charge in [-0.1, -0.05) is 36.4 Å². The van der Waals surface area contributed by atoms with Gasteiger partial charge in [-0.3, -0.25) is 0 Å². The van der Waals surface area contributed by atoms with Gasteiger partial charge in [-0.2, -0.15) is 15.0 Å². The smallest absolute Gasteiger partial charge is 0.322 e. The number of aromatic nitrogens is 3. The Morgan fingerprint density at radius 2 is 1.94 bits per heavy atom. The summed E-state index contributed by atoms with van der Waals surface area (Å²) < 4.78 is 6.15. The minimum Gasteiger partial charge on any atom is -0.508 e. The molecule has 2 N–H and O–H groups in total. The van der Waals surface area contributed by atoms with Crippen LogP contribution in [0.15, 0.2) is 48.5 Å². The number of likely N-dealkylation sites (N-methyl/N-ethyl adjacent to an activating group) is 1. The molecule has 2 aliphatic rings. The highest BCUT2D eigenvalue weighted by molar-refractivity contribution is 5.59. The summed E-state index contributed by atoms with van der Waals surface area (Å²) in [6.45, 7) is 2.42. The van der Waals surface area contributed by atoms with Crippen LogP contribution in [0.5, 0.6) is 11.8 Å². The fourth-order valence-electron chi connectivity index (χ4n) is 4.53. The van der Waals surface area contributed by atoms with E-state index in [4.69, 9.17) is 9.72 Å². The van der Waals surface area contributed by atoms with Crippen LogP contribution >= 0.6 is 0 Å². The van der Waals surface area contributed by atoms with E-state index < -0.39 is 0 Å². The van der Waals surface area contributed by atoms with Crippen molar-refractivity contribution in [3.05, 3.63) is 59.7 Å². The highest BCUT2D eigenvalue weighted by atomic mass is 16.5. The van der Waals surface area contributed by atoms with Crippen molar-refractivity contribution in [1.29, 1.82) is 0 Å². The van der Waals surface area contributed by atoms with E-state index in [2.05, 4.69) is 28.0 Å². The van der Waals surface area contributed by atoms with Crippen molar-refractivity contribution < 1.29 is 14.9 Å². The molecule has 0 amide bonds. The standard InChI is InChI=1S/C24H27N5O3/c1-28-11-10-19(14-28)32-24-26-22(17-6-4-7-18(31)13-17)25-23(27-24)29-12-9-16-5-2-3-8-20(16)21(29)15-30/h2-8,13,19,21,30-31H,9-12,14-15H2,1H3/t19-,21-/m0/s1. The second-order valence-corrected chi connectivity index (χ2v) is 8.42. The van der Waals surface area contributed by atoms with E-state index in [-0.39, 0.29) is 30.5 Å². The Hall–Kier alpha value is -3.23. The average molecular weight is 434 g/mol. The number of rotatable bonds is 5. The zero-order chi connectivity index (χ0) is 22.1. The Labute approximate surface area is 187 Å². The molecule has 1 fully saturated rings. The second kappa shape index (κ2) is 8.72. The fourth-order valence-corrected chi connectivity index (χ4v) is 4.53. The van der Waals surface area contributed by atoms with Gasteiger partial charge in [-0.05, 0) is 43.1 Å². The first kappa shape index (κ1) is 20.7. The Morgan fingerprint density at radius 3 is 2.72 bits per heavy atom. The molecule has 8 nitrogen and oxygen atoms in total. The lowest BCUT2D eigenvalue weighted by Gasteiger charge is -2.36. The number of anilines is 1. The number of hydrogen-bond donors (Lipinski definition) is 2. The number of fused-ring (bicyclic) bond motifs is 1. The van der Waals surface area contributed by atoms with Gasteiger partial charge >= 0.3 is 6.01 Å². The first-order chi connectivity index (χ1) is 15.6. The summed E-state index contributed by atoms with van der Waals surface area (Å²) in [6, 6.07) is 15.0. The molecular weight excluding hydrogens is 406 g/mol. The SMILES string of the molecule is CN1CC[C@H](Oc2nc(-c3cccc(O)c3)nc(N3CCc4ccccc4[C@@H]3CO)n2)C1. The summed E-state index contributed by atoms with van der Waals surface area (Å²) in [5.41, 5.74) is 3.00. The Kier molecular flexibility index (Phi) is 5.63. The molecule has 1 aromatic heterocycles. The maximum atomic E-state index is 10.2. The predicted octanol–water partition coefficient (Wildman–Crippen LogP) is 2.42. The third-order valence-corrected chi connectivity index (χ3v) is 6.17. The fraction of sp³-hybridized carbons (Fsp3) is 0.375. The topological polar surface area (TPSA) is 94.8 Å². The molecule has 32 heavy (non-hydrogen) atoms. The lowest BCUT2D eigenvalue weighted by atomic mass is 9.93.